The number of likely N-dealkylation sites (tertiary alicyclic amines) is 1. The van der Waals surface area contributed by atoms with Crippen LogP contribution in [0.2, 0.25) is 0 Å². The predicted octanol–water partition coefficient (Wildman–Crippen LogP) is 4.31. The maximum atomic E-state index is 4.64. The summed E-state index contributed by atoms with van der Waals surface area (Å²) in [6.07, 6.45) is 4.64. The monoisotopic (exact) mass is 387 g/mol. The minimum atomic E-state index is 0.185. The van der Waals surface area contributed by atoms with Gasteiger partial charge in [-0.3, -0.25) is 4.90 Å². The van der Waals surface area contributed by atoms with Gasteiger partial charge in [0.15, 0.2) is 0 Å². The van der Waals surface area contributed by atoms with Crippen LogP contribution in [0.3, 0.4) is 0 Å². The molecule has 1 atom stereocenters. The molecule has 0 radical (unpaired) electrons. The molecule has 3 aromatic rings. The van der Waals surface area contributed by atoms with E-state index in [-0.39, 0.29) is 6.04 Å². The van der Waals surface area contributed by atoms with Gasteiger partial charge >= 0.3 is 0 Å². The van der Waals surface area contributed by atoms with E-state index in [1.807, 2.05) is 31.1 Å². The van der Waals surface area contributed by atoms with Crippen LogP contribution < -0.4 is 4.90 Å². The Morgan fingerprint density at radius 3 is 2.72 bits per heavy atom. The number of imidazole rings is 1. The zero-order chi connectivity index (χ0) is 20.5. The fraction of sp³-hybridized carbons (Fsp3) is 0.417. The van der Waals surface area contributed by atoms with Gasteiger partial charge in [-0.25, -0.2) is 9.97 Å². The van der Waals surface area contributed by atoms with Crippen LogP contribution in [0.1, 0.15) is 37.9 Å². The third-order valence-electron chi connectivity index (χ3n) is 5.84. The first-order valence-corrected chi connectivity index (χ1v) is 10.3. The molecule has 1 fully saturated rings. The first kappa shape index (κ1) is 19.5. The average molecular weight is 388 g/mol. The molecular weight excluding hydrogens is 358 g/mol. The van der Waals surface area contributed by atoms with E-state index in [1.165, 1.54) is 16.8 Å². The summed E-state index contributed by atoms with van der Waals surface area (Å²) in [5.74, 6) is 8.23. The number of anilines is 2. The van der Waals surface area contributed by atoms with Crippen LogP contribution in [0.25, 0.3) is 11.0 Å². The van der Waals surface area contributed by atoms with Gasteiger partial charge in [0.1, 0.15) is 11.3 Å². The number of hydrogen-bond donors (Lipinski definition) is 0. The molecule has 3 heterocycles. The van der Waals surface area contributed by atoms with Crippen LogP contribution in [0, 0.1) is 17.8 Å². The summed E-state index contributed by atoms with van der Waals surface area (Å²) in [6.45, 7) is 8.68. The molecule has 5 nitrogen and oxygen atoms in total. The van der Waals surface area contributed by atoms with E-state index in [1.54, 1.807) is 0 Å². The molecule has 2 aromatic heterocycles. The lowest BCUT2D eigenvalue weighted by Crippen LogP contribution is -2.46. The van der Waals surface area contributed by atoms with Crippen molar-refractivity contribution < 1.29 is 0 Å². The fourth-order valence-electron chi connectivity index (χ4n) is 4.19. The van der Waals surface area contributed by atoms with Gasteiger partial charge in [-0.05, 0) is 36.5 Å². The molecule has 29 heavy (non-hydrogen) atoms. The van der Waals surface area contributed by atoms with Crippen LogP contribution in [0.15, 0.2) is 36.8 Å². The topological polar surface area (TPSA) is 37.2 Å². The highest BCUT2D eigenvalue weighted by atomic mass is 15.2. The molecule has 1 aliphatic heterocycles. The molecule has 0 spiro atoms. The van der Waals surface area contributed by atoms with Crippen LogP contribution in [0.5, 0.6) is 0 Å². The van der Waals surface area contributed by atoms with E-state index < -0.39 is 0 Å². The molecular formula is C24H29N5. The Balaban J connectivity index is 1.67. The van der Waals surface area contributed by atoms with Crippen molar-refractivity contribution in [3.8, 4) is 11.8 Å². The zero-order valence-electron chi connectivity index (χ0n) is 18.0. The summed E-state index contributed by atoms with van der Waals surface area (Å²) >= 11 is 0. The van der Waals surface area contributed by atoms with E-state index in [4.69, 9.17) is 0 Å². The van der Waals surface area contributed by atoms with Crippen LogP contribution in [-0.4, -0.2) is 39.6 Å². The molecule has 0 amide bonds. The van der Waals surface area contributed by atoms with Crippen molar-refractivity contribution in [3.05, 3.63) is 47.9 Å². The number of pyridine rings is 1. The normalized spacial score (nSPS) is 15.6. The van der Waals surface area contributed by atoms with E-state index in [9.17, 15) is 0 Å². The lowest BCUT2D eigenvalue weighted by molar-refractivity contribution is 0.0868. The fourth-order valence-corrected chi connectivity index (χ4v) is 4.19. The second kappa shape index (κ2) is 7.88. The quantitative estimate of drug-likeness (QED) is 0.611. The second-order valence-corrected chi connectivity index (χ2v) is 8.04. The maximum Gasteiger partial charge on any atom is 0.134 e. The highest BCUT2D eigenvalue weighted by molar-refractivity contribution is 5.79. The number of benzene rings is 1. The number of rotatable bonds is 5. The molecule has 4 rings (SSSR count). The summed E-state index contributed by atoms with van der Waals surface area (Å²) in [5, 5.41) is 0. The molecule has 5 heteroatoms. The van der Waals surface area contributed by atoms with Gasteiger partial charge in [-0.2, -0.15) is 0 Å². The van der Waals surface area contributed by atoms with Gasteiger partial charge < -0.3 is 9.47 Å². The Labute approximate surface area is 173 Å². The highest BCUT2D eigenvalue weighted by Gasteiger charge is 2.29. The molecule has 1 aromatic carbocycles. The smallest absolute Gasteiger partial charge is 0.134 e. The minimum Gasteiger partial charge on any atom is -0.334 e. The SMILES string of the molecule is CC#CC(c1ccc(N(C)c2cc3c(cn2)ncn3C)c(CC)c1)N1CC(C)C1. The standard InChI is InChI=1S/C24H29N5/c1-6-8-22(29-14-17(3)15-29)19-9-10-21(18(7-2)11-19)28(5)24-12-23-20(13-25-24)26-16-27(23)4/h9-13,16-17,22H,7,14-15H2,1-5H3. The molecule has 0 bridgehead atoms. The molecule has 150 valence electrons. The summed E-state index contributed by atoms with van der Waals surface area (Å²) in [7, 11) is 4.09. The number of aromatic nitrogens is 3. The van der Waals surface area contributed by atoms with Gasteiger partial charge in [-0.1, -0.05) is 31.9 Å². The van der Waals surface area contributed by atoms with Crippen molar-refractivity contribution in [1.29, 1.82) is 0 Å². The number of nitrogens with zero attached hydrogens (tertiary/aromatic N) is 5. The lowest BCUT2D eigenvalue weighted by atomic mass is 9.94. The van der Waals surface area contributed by atoms with Gasteiger partial charge in [0.05, 0.1) is 24.1 Å². The van der Waals surface area contributed by atoms with E-state index in [0.717, 1.165) is 42.3 Å². The number of hydrogen-bond acceptors (Lipinski definition) is 4. The zero-order valence-corrected chi connectivity index (χ0v) is 18.0. The van der Waals surface area contributed by atoms with E-state index in [2.05, 4.69) is 76.8 Å². The third-order valence-corrected chi connectivity index (χ3v) is 5.84. The molecule has 1 unspecified atom stereocenters. The molecule has 0 saturated carbocycles. The largest absolute Gasteiger partial charge is 0.334 e. The van der Waals surface area contributed by atoms with Crippen LogP contribution >= 0.6 is 0 Å². The second-order valence-electron chi connectivity index (χ2n) is 8.04. The summed E-state index contributed by atoms with van der Waals surface area (Å²) < 4.78 is 2.03. The van der Waals surface area contributed by atoms with Gasteiger partial charge in [0.25, 0.3) is 0 Å². The Morgan fingerprint density at radius 2 is 2.03 bits per heavy atom. The van der Waals surface area contributed by atoms with Gasteiger partial charge in [-0.15, -0.1) is 5.92 Å². The molecule has 0 N–H and O–H groups in total. The Kier molecular flexibility index (Phi) is 5.29. The van der Waals surface area contributed by atoms with Crippen LogP contribution in [-0.2, 0) is 13.5 Å². The molecule has 0 aliphatic carbocycles. The maximum absolute atomic E-state index is 4.64. The van der Waals surface area contributed by atoms with Crippen molar-refractivity contribution in [1.82, 2.24) is 19.4 Å². The lowest BCUT2D eigenvalue weighted by Gasteiger charge is -2.41. The first-order valence-electron chi connectivity index (χ1n) is 10.3. The van der Waals surface area contributed by atoms with Crippen molar-refractivity contribution in [2.45, 2.75) is 33.2 Å². The van der Waals surface area contributed by atoms with Crippen molar-refractivity contribution in [2.24, 2.45) is 13.0 Å². The summed E-state index contributed by atoms with van der Waals surface area (Å²) in [6, 6.07) is 9.06. The first-order chi connectivity index (χ1) is 14.0. The van der Waals surface area contributed by atoms with Crippen molar-refractivity contribution >= 4 is 22.5 Å². The van der Waals surface area contributed by atoms with E-state index >= 15 is 0 Å². The minimum absolute atomic E-state index is 0.185. The Morgan fingerprint density at radius 1 is 1.24 bits per heavy atom. The van der Waals surface area contributed by atoms with Crippen LogP contribution in [0.4, 0.5) is 11.5 Å². The predicted molar refractivity (Wildman–Crippen MR) is 119 cm³/mol. The highest BCUT2D eigenvalue weighted by Crippen LogP contribution is 2.33. The van der Waals surface area contributed by atoms with Gasteiger partial charge in [0, 0.05) is 38.9 Å². The molecule has 1 saturated heterocycles. The third kappa shape index (κ3) is 3.61. The van der Waals surface area contributed by atoms with Gasteiger partial charge in [0.2, 0.25) is 0 Å². The van der Waals surface area contributed by atoms with Crippen molar-refractivity contribution in [2.75, 3.05) is 25.0 Å². The number of fused-ring (bicyclic) bond motifs is 1. The Bertz CT molecular complexity index is 1080. The Hall–Kier alpha value is -2.84. The van der Waals surface area contributed by atoms with E-state index in [0.29, 0.717) is 0 Å². The number of aryl methyl sites for hydroxylation is 2. The van der Waals surface area contributed by atoms with Crippen molar-refractivity contribution in [3.63, 3.8) is 0 Å². The molecule has 1 aliphatic rings. The summed E-state index contributed by atoms with van der Waals surface area (Å²) in [4.78, 5) is 13.6. The summed E-state index contributed by atoms with van der Waals surface area (Å²) in [5.41, 5.74) is 5.79. The average Bonchev–Trinajstić information content (AvgIpc) is 3.09.